The highest BCUT2D eigenvalue weighted by Crippen LogP contribution is 2.31. The maximum atomic E-state index is 9.90. The van der Waals surface area contributed by atoms with Crippen molar-refractivity contribution in [3.05, 3.63) is 35.9 Å². The average Bonchev–Trinajstić information content (AvgIpc) is 3.24. The number of nitriles is 1. The Balaban J connectivity index is 1.73. The zero-order chi connectivity index (χ0) is 14.7. The lowest BCUT2D eigenvalue weighted by molar-refractivity contribution is 0.274. The van der Waals surface area contributed by atoms with E-state index in [2.05, 4.69) is 35.3 Å². The van der Waals surface area contributed by atoms with E-state index in [1.165, 1.54) is 32.4 Å². The zero-order valence-corrected chi connectivity index (χ0v) is 12.9. The minimum Gasteiger partial charge on any atom is -0.303 e. The van der Waals surface area contributed by atoms with E-state index < -0.39 is 5.54 Å². The fourth-order valence-corrected chi connectivity index (χ4v) is 3.31. The van der Waals surface area contributed by atoms with Crippen molar-refractivity contribution in [3.8, 4) is 6.07 Å². The molecule has 1 saturated carbocycles. The molecule has 2 unspecified atom stereocenters. The van der Waals surface area contributed by atoms with Crippen LogP contribution in [0.2, 0.25) is 0 Å². The van der Waals surface area contributed by atoms with Gasteiger partial charge in [0.15, 0.2) is 0 Å². The Bertz CT molecular complexity index is 503. The van der Waals surface area contributed by atoms with Gasteiger partial charge in [0.2, 0.25) is 0 Å². The van der Waals surface area contributed by atoms with Gasteiger partial charge >= 0.3 is 0 Å². The number of nitrogens with one attached hydrogen (secondary N) is 1. The summed E-state index contributed by atoms with van der Waals surface area (Å²) in [7, 11) is 0. The maximum Gasteiger partial charge on any atom is 0.133 e. The second-order valence-corrected chi connectivity index (χ2v) is 6.75. The van der Waals surface area contributed by atoms with Gasteiger partial charge in [0, 0.05) is 19.1 Å². The van der Waals surface area contributed by atoms with Gasteiger partial charge < -0.3 is 4.90 Å². The Morgan fingerprint density at radius 3 is 2.62 bits per heavy atom. The number of nitrogens with zero attached hydrogens (tertiary/aromatic N) is 2. The van der Waals surface area contributed by atoms with Gasteiger partial charge in [-0.1, -0.05) is 37.3 Å². The summed E-state index contributed by atoms with van der Waals surface area (Å²) in [6.07, 6.45) is 4.58. The van der Waals surface area contributed by atoms with Gasteiger partial charge in [-0.15, -0.1) is 0 Å². The van der Waals surface area contributed by atoms with E-state index in [1.807, 2.05) is 18.2 Å². The molecule has 3 rings (SSSR count). The maximum absolute atomic E-state index is 9.90. The Morgan fingerprint density at radius 2 is 2.05 bits per heavy atom. The lowest BCUT2D eigenvalue weighted by Crippen LogP contribution is -2.45. The molecule has 0 amide bonds. The highest BCUT2D eigenvalue weighted by Gasteiger charge is 2.38. The summed E-state index contributed by atoms with van der Waals surface area (Å²) in [5.41, 5.74) is 0.598. The van der Waals surface area contributed by atoms with E-state index >= 15 is 0 Å². The molecule has 2 aliphatic rings. The van der Waals surface area contributed by atoms with E-state index in [1.54, 1.807) is 0 Å². The fourth-order valence-electron chi connectivity index (χ4n) is 3.31. The summed E-state index contributed by atoms with van der Waals surface area (Å²) in [4.78, 5) is 2.51. The number of hydrogen-bond acceptors (Lipinski definition) is 3. The van der Waals surface area contributed by atoms with Crippen LogP contribution in [-0.4, -0.2) is 30.6 Å². The fraction of sp³-hybridized carbons (Fsp3) is 0.611. The molecule has 0 radical (unpaired) electrons. The van der Waals surface area contributed by atoms with Crippen LogP contribution in [0.25, 0.3) is 0 Å². The molecule has 1 aliphatic heterocycles. The minimum absolute atomic E-state index is 0.520. The molecule has 1 N–H and O–H groups in total. The van der Waals surface area contributed by atoms with Crippen LogP contribution in [0.4, 0.5) is 0 Å². The van der Waals surface area contributed by atoms with Crippen molar-refractivity contribution in [3.63, 3.8) is 0 Å². The molecule has 112 valence electrons. The summed E-state index contributed by atoms with van der Waals surface area (Å²) in [5, 5.41) is 13.5. The zero-order valence-electron chi connectivity index (χ0n) is 12.9. The quantitative estimate of drug-likeness (QED) is 0.872. The number of benzene rings is 1. The predicted molar refractivity (Wildman–Crippen MR) is 84.7 cm³/mol. The molecule has 0 bridgehead atoms. The van der Waals surface area contributed by atoms with Crippen LogP contribution in [0.1, 0.15) is 38.2 Å². The molecule has 2 atom stereocenters. The Morgan fingerprint density at radius 1 is 1.29 bits per heavy atom. The summed E-state index contributed by atoms with van der Waals surface area (Å²) in [6, 6.07) is 13.4. The molecule has 1 aromatic carbocycles. The van der Waals surface area contributed by atoms with Crippen LogP contribution < -0.4 is 5.32 Å². The van der Waals surface area contributed by atoms with E-state index in [4.69, 9.17) is 0 Å². The van der Waals surface area contributed by atoms with Gasteiger partial charge in [0.05, 0.1) is 6.07 Å². The van der Waals surface area contributed by atoms with E-state index in [0.29, 0.717) is 6.04 Å². The molecule has 1 aromatic rings. The van der Waals surface area contributed by atoms with Crippen LogP contribution in [0.3, 0.4) is 0 Å². The monoisotopic (exact) mass is 283 g/mol. The highest BCUT2D eigenvalue weighted by molar-refractivity contribution is 5.32. The van der Waals surface area contributed by atoms with E-state index in [0.717, 1.165) is 24.4 Å². The normalized spacial score (nSPS) is 25.4. The van der Waals surface area contributed by atoms with Crippen molar-refractivity contribution in [2.24, 2.45) is 5.92 Å². The van der Waals surface area contributed by atoms with Gasteiger partial charge in [-0.25, -0.2) is 0 Å². The first-order valence-corrected chi connectivity index (χ1v) is 8.19. The van der Waals surface area contributed by atoms with Crippen LogP contribution in [0, 0.1) is 17.2 Å². The number of hydrogen-bond donors (Lipinski definition) is 1. The number of likely N-dealkylation sites (tertiary alicyclic amines) is 1. The number of rotatable bonds is 6. The topological polar surface area (TPSA) is 39.1 Å². The van der Waals surface area contributed by atoms with Crippen LogP contribution in [0.15, 0.2) is 30.3 Å². The van der Waals surface area contributed by atoms with Crippen LogP contribution in [0.5, 0.6) is 0 Å². The summed E-state index contributed by atoms with van der Waals surface area (Å²) in [6.45, 7) is 5.68. The van der Waals surface area contributed by atoms with E-state index in [9.17, 15) is 5.26 Å². The second-order valence-electron chi connectivity index (χ2n) is 6.75. The van der Waals surface area contributed by atoms with Crippen molar-refractivity contribution in [1.29, 1.82) is 5.26 Å². The van der Waals surface area contributed by atoms with Gasteiger partial charge in [-0.3, -0.25) is 5.32 Å². The SMILES string of the molecule is CC1CCN(CCC(C#N)(NC2CC2)c2ccccc2)C1. The molecule has 2 fully saturated rings. The average molecular weight is 283 g/mol. The summed E-state index contributed by atoms with van der Waals surface area (Å²) >= 11 is 0. The molecule has 1 heterocycles. The first-order chi connectivity index (χ1) is 10.2. The lowest BCUT2D eigenvalue weighted by Gasteiger charge is -2.30. The van der Waals surface area contributed by atoms with Crippen LogP contribution >= 0.6 is 0 Å². The van der Waals surface area contributed by atoms with E-state index in [-0.39, 0.29) is 0 Å². The van der Waals surface area contributed by atoms with Gasteiger partial charge in [-0.2, -0.15) is 5.26 Å². The first-order valence-electron chi connectivity index (χ1n) is 8.19. The summed E-state index contributed by atoms with van der Waals surface area (Å²) < 4.78 is 0. The van der Waals surface area contributed by atoms with Crippen molar-refractivity contribution >= 4 is 0 Å². The highest BCUT2D eigenvalue weighted by atomic mass is 15.2. The van der Waals surface area contributed by atoms with Crippen LogP contribution in [-0.2, 0) is 5.54 Å². The first kappa shape index (κ1) is 14.6. The third kappa shape index (κ3) is 3.45. The van der Waals surface area contributed by atoms with Crippen molar-refractivity contribution in [1.82, 2.24) is 10.2 Å². The molecule has 0 spiro atoms. The smallest absolute Gasteiger partial charge is 0.133 e. The summed E-state index contributed by atoms with van der Waals surface area (Å²) in [5.74, 6) is 0.801. The Kier molecular flexibility index (Phi) is 4.28. The third-order valence-corrected chi connectivity index (χ3v) is 4.80. The standard InChI is InChI=1S/C18H25N3/c1-15-9-11-21(13-15)12-10-18(14-19,20-17-7-8-17)16-5-3-2-4-6-16/h2-6,15,17,20H,7-13H2,1H3. The molecule has 1 aliphatic carbocycles. The molecule has 1 saturated heterocycles. The molecule has 3 heteroatoms. The van der Waals surface area contributed by atoms with Gasteiger partial charge in [0.1, 0.15) is 5.54 Å². The Hall–Kier alpha value is -1.37. The van der Waals surface area contributed by atoms with Gasteiger partial charge in [0.25, 0.3) is 0 Å². The second kappa shape index (κ2) is 6.17. The molecular weight excluding hydrogens is 258 g/mol. The van der Waals surface area contributed by atoms with Crippen molar-refractivity contribution in [2.75, 3.05) is 19.6 Å². The molecule has 3 nitrogen and oxygen atoms in total. The van der Waals surface area contributed by atoms with Crippen molar-refractivity contribution in [2.45, 2.75) is 44.2 Å². The van der Waals surface area contributed by atoms with Crippen molar-refractivity contribution < 1.29 is 0 Å². The molecule has 0 aromatic heterocycles. The molecular formula is C18H25N3. The lowest BCUT2D eigenvalue weighted by atomic mass is 9.87. The molecule has 21 heavy (non-hydrogen) atoms. The minimum atomic E-state index is -0.520. The van der Waals surface area contributed by atoms with Gasteiger partial charge in [-0.05, 0) is 43.7 Å². The third-order valence-electron chi connectivity index (χ3n) is 4.80. The Labute approximate surface area is 128 Å². The largest absolute Gasteiger partial charge is 0.303 e. The predicted octanol–water partition coefficient (Wildman–Crippen LogP) is 2.89.